The van der Waals surface area contributed by atoms with Crippen LogP contribution in [0.25, 0.3) is 10.8 Å². The molecular weight excluding hydrogens is 334 g/mol. The van der Waals surface area contributed by atoms with Crippen molar-refractivity contribution in [3.05, 3.63) is 40.7 Å². The molecule has 0 amide bonds. The molecule has 1 aliphatic carbocycles. The highest BCUT2D eigenvalue weighted by Gasteiger charge is 2.22. The van der Waals surface area contributed by atoms with E-state index in [1.165, 1.54) is 48.2 Å². The van der Waals surface area contributed by atoms with Crippen molar-refractivity contribution in [3.8, 4) is 0 Å². The van der Waals surface area contributed by atoms with Crippen molar-refractivity contribution in [2.45, 2.75) is 28.1 Å². The minimum absolute atomic E-state index is 0.0609. The van der Waals surface area contributed by atoms with Gasteiger partial charge in [-0.25, -0.2) is 0 Å². The maximum atomic E-state index is 11.1. The molecule has 1 aliphatic rings. The Morgan fingerprint density at radius 1 is 1.26 bits per heavy atom. The molecule has 2 heterocycles. The lowest BCUT2D eigenvalue weighted by Gasteiger charge is -2.04. The van der Waals surface area contributed by atoms with Crippen molar-refractivity contribution >= 4 is 44.7 Å². The highest BCUT2D eigenvalue weighted by Crippen LogP contribution is 2.39. The lowest BCUT2D eigenvalue weighted by molar-refractivity contribution is -0.383. The first-order valence-electron chi connectivity index (χ1n) is 7.00. The summed E-state index contributed by atoms with van der Waals surface area (Å²) in [5.74, 6) is 0. The van der Waals surface area contributed by atoms with Gasteiger partial charge in [-0.2, -0.15) is 0 Å². The molecule has 2 aromatic heterocycles. The van der Waals surface area contributed by atoms with Gasteiger partial charge in [0, 0.05) is 34.8 Å². The Morgan fingerprint density at radius 3 is 2.91 bits per heavy atom. The first-order chi connectivity index (χ1) is 11.2. The molecule has 1 aromatic carbocycles. The van der Waals surface area contributed by atoms with Gasteiger partial charge in [-0.05, 0) is 25.0 Å². The number of hydrogen-bond donors (Lipinski definition) is 1. The van der Waals surface area contributed by atoms with Gasteiger partial charge in [0.25, 0.3) is 5.69 Å². The van der Waals surface area contributed by atoms with Gasteiger partial charge in [0.05, 0.1) is 10.3 Å². The van der Waals surface area contributed by atoms with E-state index in [0.29, 0.717) is 11.4 Å². The van der Waals surface area contributed by atoms with Gasteiger partial charge in [-0.15, -0.1) is 10.2 Å². The highest BCUT2D eigenvalue weighted by atomic mass is 32.2. The van der Waals surface area contributed by atoms with Crippen molar-refractivity contribution in [2.75, 3.05) is 5.32 Å². The number of fused-ring (bicyclic) bond motifs is 1. The Morgan fingerprint density at radius 2 is 2.13 bits per heavy atom. The van der Waals surface area contributed by atoms with E-state index in [-0.39, 0.29) is 10.6 Å². The van der Waals surface area contributed by atoms with Gasteiger partial charge in [0.1, 0.15) is 0 Å². The van der Waals surface area contributed by atoms with Crippen molar-refractivity contribution in [1.29, 1.82) is 0 Å². The van der Waals surface area contributed by atoms with Gasteiger partial charge in [0.15, 0.2) is 4.34 Å². The maximum absolute atomic E-state index is 11.1. The second-order valence-corrected chi connectivity index (χ2v) is 7.42. The van der Waals surface area contributed by atoms with Gasteiger partial charge >= 0.3 is 0 Å². The van der Waals surface area contributed by atoms with Crippen LogP contribution in [0.15, 0.2) is 39.8 Å². The van der Waals surface area contributed by atoms with Gasteiger partial charge in [0.2, 0.25) is 5.13 Å². The molecule has 0 spiro atoms. The second kappa shape index (κ2) is 5.74. The maximum Gasteiger partial charge on any atom is 0.278 e. The summed E-state index contributed by atoms with van der Waals surface area (Å²) in [7, 11) is 0. The molecule has 1 N–H and O–H groups in total. The first kappa shape index (κ1) is 14.3. The molecule has 1 fully saturated rings. The fourth-order valence-electron chi connectivity index (χ4n) is 2.20. The lowest BCUT2D eigenvalue weighted by Crippen LogP contribution is -1.99. The summed E-state index contributed by atoms with van der Waals surface area (Å²) in [5.41, 5.74) is 0.0609. The predicted molar refractivity (Wildman–Crippen MR) is 89.1 cm³/mol. The summed E-state index contributed by atoms with van der Waals surface area (Å²) < 4.78 is 0.806. The lowest BCUT2D eigenvalue weighted by atomic mass is 10.1. The Bertz CT molecular complexity index is 894. The summed E-state index contributed by atoms with van der Waals surface area (Å²) in [6, 6.07) is 5.58. The predicted octanol–water partition coefficient (Wildman–Crippen LogP) is 3.72. The second-order valence-electron chi connectivity index (χ2n) is 5.15. The van der Waals surface area contributed by atoms with E-state index in [4.69, 9.17) is 0 Å². The summed E-state index contributed by atoms with van der Waals surface area (Å²) in [6.45, 7) is 0. The van der Waals surface area contributed by atoms with Crippen LogP contribution in [0.2, 0.25) is 0 Å². The van der Waals surface area contributed by atoms with Crippen LogP contribution in [0.4, 0.5) is 10.8 Å². The third-order valence-electron chi connectivity index (χ3n) is 3.46. The first-order valence-corrected chi connectivity index (χ1v) is 8.63. The minimum atomic E-state index is -0.388. The van der Waals surface area contributed by atoms with E-state index < -0.39 is 0 Å². The SMILES string of the molecule is O=[N+]([O-])c1ccc(Sc2nnc(NC3CC3)s2)c2ccncc12. The van der Waals surface area contributed by atoms with Crippen LogP contribution < -0.4 is 5.32 Å². The zero-order valence-corrected chi connectivity index (χ0v) is 13.4. The molecule has 4 rings (SSSR count). The molecule has 3 aromatic rings. The van der Waals surface area contributed by atoms with Gasteiger partial charge in [-0.1, -0.05) is 23.1 Å². The van der Waals surface area contributed by atoms with E-state index in [2.05, 4.69) is 20.5 Å². The number of hydrogen-bond acceptors (Lipinski definition) is 8. The molecule has 7 nitrogen and oxygen atoms in total. The molecule has 1 saturated carbocycles. The van der Waals surface area contributed by atoms with Crippen molar-refractivity contribution in [1.82, 2.24) is 15.2 Å². The number of benzene rings is 1. The zero-order valence-electron chi connectivity index (χ0n) is 11.8. The number of nitro benzene ring substituents is 1. The molecule has 0 aliphatic heterocycles. The zero-order chi connectivity index (χ0) is 15.8. The van der Waals surface area contributed by atoms with Crippen LogP contribution in [-0.4, -0.2) is 26.1 Å². The van der Waals surface area contributed by atoms with Crippen LogP contribution in [0, 0.1) is 10.1 Å². The molecule has 116 valence electrons. The standard InChI is InChI=1S/C14H11N5O2S2/c20-19(21)11-3-4-12(9-5-6-15-7-10(9)11)22-14-18-17-13(23-14)16-8-1-2-8/h3-8H,1-2H2,(H,16,17). The largest absolute Gasteiger partial charge is 0.357 e. The van der Waals surface area contributed by atoms with Crippen LogP contribution in [0.5, 0.6) is 0 Å². The number of anilines is 1. The molecule has 0 radical (unpaired) electrons. The number of rotatable bonds is 5. The molecule has 0 bridgehead atoms. The summed E-state index contributed by atoms with van der Waals surface area (Å²) in [5, 5.41) is 24.9. The fourth-order valence-corrected chi connectivity index (χ4v) is 4.12. The summed E-state index contributed by atoms with van der Waals surface area (Å²) in [4.78, 5) is 15.7. The Hall–Kier alpha value is -2.26. The monoisotopic (exact) mass is 345 g/mol. The van der Waals surface area contributed by atoms with Crippen LogP contribution >= 0.6 is 23.1 Å². The normalized spacial score (nSPS) is 14.1. The van der Waals surface area contributed by atoms with E-state index in [0.717, 1.165) is 19.8 Å². The highest BCUT2D eigenvalue weighted by molar-refractivity contribution is 8.01. The molecule has 0 atom stereocenters. The molecule has 0 unspecified atom stereocenters. The van der Waals surface area contributed by atoms with Crippen LogP contribution in [-0.2, 0) is 0 Å². The quantitative estimate of drug-likeness (QED) is 0.556. The fraction of sp³-hybridized carbons (Fsp3) is 0.214. The van der Waals surface area contributed by atoms with Crippen molar-refractivity contribution in [2.24, 2.45) is 0 Å². The molecular formula is C14H11N5O2S2. The smallest absolute Gasteiger partial charge is 0.278 e. The number of aromatic nitrogens is 3. The van der Waals surface area contributed by atoms with Crippen LogP contribution in [0.3, 0.4) is 0 Å². The van der Waals surface area contributed by atoms with Gasteiger partial charge < -0.3 is 5.32 Å². The number of non-ortho nitro benzene ring substituents is 1. The van der Waals surface area contributed by atoms with Crippen LogP contribution in [0.1, 0.15) is 12.8 Å². The number of pyridine rings is 1. The molecule has 0 saturated heterocycles. The number of nitro groups is 1. The topological polar surface area (TPSA) is 93.8 Å². The third-order valence-corrected chi connectivity index (χ3v) is 5.44. The van der Waals surface area contributed by atoms with Crippen molar-refractivity contribution < 1.29 is 4.92 Å². The van der Waals surface area contributed by atoms with Crippen molar-refractivity contribution in [3.63, 3.8) is 0 Å². The van der Waals surface area contributed by atoms with Gasteiger partial charge in [-0.3, -0.25) is 15.1 Å². The Balaban J connectivity index is 1.67. The van der Waals surface area contributed by atoms with E-state index in [9.17, 15) is 10.1 Å². The van der Waals surface area contributed by atoms with E-state index in [1.807, 2.05) is 0 Å². The average molecular weight is 345 g/mol. The Kier molecular flexibility index (Phi) is 3.58. The number of nitrogens with zero attached hydrogens (tertiary/aromatic N) is 4. The van der Waals surface area contributed by atoms with E-state index in [1.54, 1.807) is 18.3 Å². The third kappa shape index (κ3) is 2.97. The number of nitrogens with one attached hydrogen (secondary N) is 1. The average Bonchev–Trinajstić information content (AvgIpc) is 3.25. The summed E-state index contributed by atoms with van der Waals surface area (Å²) in [6.07, 6.45) is 5.53. The minimum Gasteiger partial charge on any atom is -0.357 e. The molecule has 23 heavy (non-hydrogen) atoms. The molecule has 9 heteroatoms. The summed E-state index contributed by atoms with van der Waals surface area (Å²) >= 11 is 2.96. The Labute approximate surface area is 139 Å². The van der Waals surface area contributed by atoms with E-state index >= 15 is 0 Å².